The van der Waals surface area contributed by atoms with Gasteiger partial charge in [0.25, 0.3) is 0 Å². The fourth-order valence-corrected chi connectivity index (χ4v) is 3.21. The molecule has 21 heavy (non-hydrogen) atoms. The van der Waals surface area contributed by atoms with Gasteiger partial charge in [-0.05, 0) is 23.7 Å². The van der Waals surface area contributed by atoms with Crippen molar-refractivity contribution >= 4 is 28.5 Å². The molecule has 0 unspecified atom stereocenters. The molecule has 0 aliphatic carbocycles. The second-order valence-electron chi connectivity index (χ2n) is 5.34. The first-order chi connectivity index (χ1) is 10.1. The predicted molar refractivity (Wildman–Crippen MR) is 82.7 cm³/mol. The minimum atomic E-state index is -0.821. The van der Waals surface area contributed by atoms with Gasteiger partial charge >= 0.3 is 5.97 Å². The molecule has 0 saturated carbocycles. The Morgan fingerprint density at radius 1 is 1.48 bits per heavy atom. The number of aromatic nitrogens is 1. The molecular weight excluding hydrogens is 288 g/mol. The SMILES string of the molecule is CCN1CCc2nc3c(Cl)cccc3c(CC(=O)O)c2C1. The van der Waals surface area contributed by atoms with Gasteiger partial charge in [-0.25, -0.2) is 0 Å². The maximum atomic E-state index is 11.3. The van der Waals surface area contributed by atoms with Crippen LogP contribution >= 0.6 is 11.6 Å². The van der Waals surface area contributed by atoms with Crippen molar-refractivity contribution in [3.05, 3.63) is 40.0 Å². The first-order valence-electron chi connectivity index (χ1n) is 7.13. The normalized spacial score (nSPS) is 15.1. The third-order valence-electron chi connectivity index (χ3n) is 4.09. The van der Waals surface area contributed by atoms with Crippen LogP contribution in [0.5, 0.6) is 0 Å². The zero-order valence-corrected chi connectivity index (χ0v) is 12.7. The number of carbonyl (C=O) groups is 1. The van der Waals surface area contributed by atoms with Crippen molar-refractivity contribution in [3.63, 3.8) is 0 Å². The monoisotopic (exact) mass is 304 g/mol. The lowest BCUT2D eigenvalue weighted by Crippen LogP contribution is -2.32. The van der Waals surface area contributed by atoms with E-state index in [1.165, 1.54) is 0 Å². The number of likely N-dealkylation sites (N-methyl/N-ethyl adjacent to an activating group) is 1. The second-order valence-corrected chi connectivity index (χ2v) is 5.75. The fourth-order valence-electron chi connectivity index (χ4n) is 2.99. The highest BCUT2D eigenvalue weighted by Gasteiger charge is 2.23. The second kappa shape index (κ2) is 5.62. The van der Waals surface area contributed by atoms with E-state index in [4.69, 9.17) is 16.6 Å². The Labute approximate surface area is 128 Å². The van der Waals surface area contributed by atoms with Gasteiger partial charge in [0, 0.05) is 30.6 Å². The molecule has 0 atom stereocenters. The van der Waals surface area contributed by atoms with Crippen LogP contribution in [0.2, 0.25) is 5.02 Å². The average molecular weight is 305 g/mol. The summed E-state index contributed by atoms with van der Waals surface area (Å²) in [7, 11) is 0. The van der Waals surface area contributed by atoms with Crippen LogP contribution in [0.15, 0.2) is 18.2 Å². The zero-order chi connectivity index (χ0) is 15.0. The number of nitrogens with zero attached hydrogens (tertiary/aromatic N) is 2. The van der Waals surface area contributed by atoms with Crippen molar-refractivity contribution in [2.75, 3.05) is 13.1 Å². The number of carboxylic acids is 1. The molecule has 1 N–H and O–H groups in total. The van der Waals surface area contributed by atoms with Crippen LogP contribution in [-0.2, 0) is 24.2 Å². The molecule has 1 aromatic carbocycles. The smallest absolute Gasteiger partial charge is 0.307 e. The first kappa shape index (κ1) is 14.3. The summed E-state index contributed by atoms with van der Waals surface area (Å²) >= 11 is 6.24. The van der Waals surface area contributed by atoms with Gasteiger partial charge in [0.15, 0.2) is 0 Å². The number of rotatable bonds is 3. The van der Waals surface area contributed by atoms with Crippen LogP contribution in [0.4, 0.5) is 0 Å². The van der Waals surface area contributed by atoms with Crippen molar-refractivity contribution in [2.45, 2.75) is 26.3 Å². The molecule has 110 valence electrons. The molecule has 0 amide bonds. The van der Waals surface area contributed by atoms with Gasteiger partial charge < -0.3 is 5.11 Å². The topological polar surface area (TPSA) is 53.4 Å². The summed E-state index contributed by atoms with van der Waals surface area (Å²) in [4.78, 5) is 18.3. The van der Waals surface area contributed by atoms with E-state index in [1.54, 1.807) is 6.07 Å². The van der Waals surface area contributed by atoms with Crippen molar-refractivity contribution in [1.82, 2.24) is 9.88 Å². The molecular formula is C16H17ClN2O2. The van der Waals surface area contributed by atoms with Gasteiger partial charge in [-0.1, -0.05) is 30.7 Å². The van der Waals surface area contributed by atoms with Crippen LogP contribution < -0.4 is 0 Å². The summed E-state index contributed by atoms with van der Waals surface area (Å²) in [6, 6.07) is 5.57. The largest absolute Gasteiger partial charge is 0.481 e. The third kappa shape index (κ3) is 2.61. The molecule has 3 rings (SSSR count). The maximum absolute atomic E-state index is 11.3. The lowest BCUT2D eigenvalue weighted by molar-refractivity contribution is -0.136. The molecule has 2 aromatic rings. The Bertz CT molecular complexity index is 715. The van der Waals surface area contributed by atoms with E-state index in [1.807, 2.05) is 12.1 Å². The molecule has 1 aromatic heterocycles. The highest BCUT2D eigenvalue weighted by molar-refractivity contribution is 6.35. The third-order valence-corrected chi connectivity index (χ3v) is 4.40. The van der Waals surface area contributed by atoms with Crippen LogP contribution in [0, 0.1) is 0 Å². The standard InChI is InChI=1S/C16H17ClN2O2/c1-2-19-7-6-14-12(9-19)11(8-15(20)21)10-4-3-5-13(17)16(10)18-14/h3-5H,2,6-9H2,1H3,(H,20,21). The maximum Gasteiger partial charge on any atom is 0.307 e. The summed E-state index contributed by atoms with van der Waals surface area (Å²) in [5, 5.41) is 10.7. The summed E-state index contributed by atoms with van der Waals surface area (Å²) < 4.78 is 0. The Morgan fingerprint density at radius 2 is 2.29 bits per heavy atom. The molecule has 4 nitrogen and oxygen atoms in total. The summed E-state index contributed by atoms with van der Waals surface area (Å²) in [6.07, 6.45) is 0.857. The van der Waals surface area contributed by atoms with Crippen LogP contribution in [0.3, 0.4) is 0 Å². The number of para-hydroxylation sites is 1. The number of fused-ring (bicyclic) bond motifs is 2. The number of aliphatic carboxylic acids is 1. The Kier molecular flexibility index (Phi) is 3.83. The highest BCUT2D eigenvalue weighted by Crippen LogP contribution is 2.31. The molecule has 0 fully saturated rings. The van der Waals surface area contributed by atoms with Gasteiger partial charge in [0.2, 0.25) is 0 Å². The minimum Gasteiger partial charge on any atom is -0.481 e. The fraction of sp³-hybridized carbons (Fsp3) is 0.375. The van der Waals surface area contributed by atoms with Crippen LogP contribution in [0.1, 0.15) is 23.7 Å². The lowest BCUT2D eigenvalue weighted by Gasteiger charge is -2.29. The summed E-state index contributed by atoms with van der Waals surface area (Å²) in [6.45, 7) is 4.80. The van der Waals surface area contributed by atoms with Crippen molar-refractivity contribution in [2.24, 2.45) is 0 Å². The molecule has 0 saturated heterocycles. The van der Waals surface area contributed by atoms with Gasteiger partial charge in [-0.15, -0.1) is 0 Å². The predicted octanol–water partition coefficient (Wildman–Crippen LogP) is 2.89. The molecule has 0 bridgehead atoms. The van der Waals surface area contributed by atoms with E-state index in [2.05, 4.69) is 11.8 Å². The van der Waals surface area contributed by atoms with E-state index < -0.39 is 5.97 Å². The first-order valence-corrected chi connectivity index (χ1v) is 7.51. The number of hydrogen-bond acceptors (Lipinski definition) is 3. The lowest BCUT2D eigenvalue weighted by atomic mass is 9.94. The number of pyridine rings is 1. The number of halogens is 1. The van der Waals surface area contributed by atoms with E-state index >= 15 is 0 Å². The average Bonchev–Trinajstić information content (AvgIpc) is 2.47. The number of hydrogen-bond donors (Lipinski definition) is 1. The Morgan fingerprint density at radius 3 is 3.00 bits per heavy atom. The van der Waals surface area contributed by atoms with E-state index in [9.17, 15) is 9.90 Å². The van der Waals surface area contributed by atoms with E-state index in [-0.39, 0.29) is 6.42 Å². The summed E-state index contributed by atoms with van der Waals surface area (Å²) in [5.74, 6) is -0.821. The van der Waals surface area contributed by atoms with Crippen molar-refractivity contribution in [3.8, 4) is 0 Å². The van der Waals surface area contributed by atoms with Gasteiger partial charge in [-0.2, -0.15) is 0 Å². The van der Waals surface area contributed by atoms with Crippen LogP contribution in [-0.4, -0.2) is 34.0 Å². The van der Waals surface area contributed by atoms with Gasteiger partial charge in [-0.3, -0.25) is 14.7 Å². The van der Waals surface area contributed by atoms with Gasteiger partial charge in [0.05, 0.1) is 17.0 Å². The number of benzene rings is 1. The molecule has 1 aliphatic rings. The molecule has 2 heterocycles. The van der Waals surface area contributed by atoms with E-state index in [0.717, 1.165) is 53.8 Å². The van der Waals surface area contributed by atoms with Gasteiger partial charge in [0.1, 0.15) is 0 Å². The van der Waals surface area contributed by atoms with Crippen molar-refractivity contribution < 1.29 is 9.90 Å². The highest BCUT2D eigenvalue weighted by atomic mass is 35.5. The van der Waals surface area contributed by atoms with Crippen molar-refractivity contribution in [1.29, 1.82) is 0 Å². The zero-order valence-electron chi connectivity index (χ0n) is 11.9. The molecule has 1 aliphatic heterocycles. The Hall–Kier alpha value is -1.65. The summed E-state index contributed by atoms with van der Waals surface area (Å²) in [5.41, 5.74) is 3.65. The molecule has 5 heteroatoms. The number of carboxylic acid groups (broad SMARTS) is 1. The molecule has 0 radical (unpaired) electrons. The van der Waals surface area contributed by atoms with E-state index in [0.29, 0.717) is 5.02 Å². The molecule has 0 spiro atoms. The minimum absolute atomic E-state index is 0.0131. The van der Waals surface area contributed by atoms with Crippen LogP contribution in [0.25, 0.3) is 10.9 Å². The quantitative estimate of drug-likeness (QED) is 0.947. The Balaban J connectivity index is 2.25.